The lowest BCUT2D eigenvalue weighted by atomic mass is 10.1. The summed E-state index contributed by atoms with van der Waals surface area (Å²) in [5.74, 6) is 1.71. The topological polar surface area (TPSA) is 65.3 Å². The van der Waals surface area contributed by atoms with Gasteiger partial charge in [0, 0.05) is 31.9 Å². The van der Waals surface area contributed by atoms with Crippen LogP contribution in [-0.2, 0) is 9.47 Å². The lowest BCUT2D eigenvalue weighted by molar-refractivity contribution is 0.0673. The number of rotatable bonds is 3. The minimum atomic E-state index is 0.326. The highest BCUT2D eigenvalue weighted by Crippen LogP contribution is 2.31. The molecule has 2 aromatic heterocycles. The van der Waals surface area contributed by atoms with Crippen molar-refractivity contribution in [2.75, 3.05) is 44.4 Å². The maximum atomic E-state index is 5.53. The Morgan fingerprint density at radius 3 is 2.41 bits per heavy atom. The van der Waals surface area contributed by atoms with Crippen LogP contribution in [0.3, 0.4) is 0 Å². The minimum absolute atomic E-state index is 0.326. The first kappa shape index (κ1) is 16.6. The summed E-state index contributed by atoms with van der Waals surface area (Å²) in [7, 11) is 0. The van der Waals surface area contributed by atoms with Gasteiger partial charge < -0.3 is 14.4 Å². The molecule has 0 N–H and O–H groups in total. The summed E-state index contributed by atoms with van der Waals surface area (Å²) in [4.78, 5) is 12.1. The number of fused-ring (bicyclic) bond motifs is 1. The SMILES string of the molecule is c1ccc(-c2nc(N3CCOCC3)c3cnn(C4CCOCC4)c3n2)cc1. The van der Waals surface area contributed by atoms with E-state index in [2.05, 4.69) is 21.7 Å². The first-order valence-corrected chi connectivity index (χ1v) is 9.61. The van der Waals surface area contributed by atoms with E-state index in [4.69, 9.17) is 24.5 Å². The molecule has 0 unspecified atom stereocenters. The lowest BCUT2D eigenvalue weighted by Gasteiger charge is -2.28. The molecule has 7 heteroatoms. The molecule has 7 nitrogen and oxygen atoms in total. The van der Waals surface area contributed by atoms with Gasteiger partial charge in [-0.3, -0.25) is 0 Å². The number of anilines is 1. The zero-order valence-corrected chi connectivity index (χ0v) is 15.3. The molecule has 5 rings (SSSR count). The summed E-state index contributed by atoms with van der Waals surface area (Å²) >= 11 is 0. The van der Waals surface area contributed by atoms with Gasteiger partial charge in [0.15, 0.2) is 11.5 Å². The van der Waals surface area contributed by atoms with Crippen LogP contribution in [0.1, 0.15) is 18.9 Å². The Kier molecular flexibility index (Phi) is 4.47. The number of benzene rings is 1. The quantitative estimate of drug-likeness (QED) is 0.711. The third kappa shape index (κ3) is 3.17. The number of nitrogens with zero attached hydrogens (tertiary/aromatic N) is 5. The van der Waals surface area contributed by atoms with E-state index in [1.807, 2.05) is 24.4 Å². The van der Waals surface area contributed by atoms with Crippen LogP contribution >= 0.6 is 0 Å². The predicted molar refractivity (Wildman–Crippen MR) is 103 cm³/mol. The molecule has 0 radical (unpaired) electrons. The van der Waals surface area contributed by atoms with E-state index in [1.165, 1.54) is 0 Å². The molecule has 0 bridgehead atoms. The van der Waals surface area contributed by atoms with Gasteiger partial charge in [-0.15, -0.1) is 0 Å². The van der Waals surface area contributed by atoms with Gasteiger partial charge in [0.05, 0.1) is 30.8 Å². The smallest absolute Gasteiger partial charge is 0.164 e. The van der Waals surface area contributed by atoms with Crippen molar-refractivity contribution in [2.24, 2.45) is 0 Å². The van der Waals surface area contributed by atoms with Crippen molar-refractivity contribution in [3.8, 4) is 11.4 Å². The van der Waals surface area contributed by atoms with Crippen LogP contribution in [0.15, 0.2) is 36.5 Å². The second-order valence-electron chi connectivity index (χ2n) is 7.01. The molecule has 2 aliphatic heterocycles. The van der Waals surface area contributed by atoms with Crippen LogP contribution in [-0.4, -0.2) is 59.3 Å². The lowest BCUT2D eigenvalue weighted by Crippen LogP contribution is -2.37. The van der Waals surface area contributed by atoms with Crippen molar-refractivity contribution in [3.05, 3.63) is 36.5 Å². The number of aromatic nitrogens is 4. The van der Waals surface area contributed by atoms with Crippen molar-refractivity contribution >= 4 is 16.9 Å². The summed E-state index contributed by atoms with van der Waals surface area (Å²) in [6.07, 6.45) is 3.85. The van der Waals surface area contributed by atoms with Gasteiger partial charge in [0.1, 0.15) is 5.82 Å². The van der Waals surface area contributed by atoms with Crippen molar-refractivity contribution in [3.63, 3.8) is 0 Å². The van der Waals surface area contributed by atoms with Crippen molar-refractivity contribution in [1.82, 2.24) is 19.7 Å². The van der Waals surface area contributed by atoms with E-state index in [1.54, 1.807) is 0 Å². The molecule has 140 valence electrons. The molecular weight excluding hydrogens is 342 g/mol. The zero-order chi connectivity index (χ0) is 18.1. The van der Waals surface area contributed by atoms with Gasteiger partial charge in [-0.25, -0.2) is 14.6 Å². The molecule has 1 aromatic carbocycles. The molecule has 2 aliphatic rings. The third-order valence-corrected chi connectivity index (χ3v) is 5.31. The monoisotopic (exact) mass is 365 g/mol. The molecule has 3 aromatic rings. The van der Waals surface area contributed by atoms with Crippen LogP contribution in [0.5, 0.6) is 0 Å². The Labute approximate surface area is 157 Å². The van der Waals surface area contributed by atoms with Crippen LogP contribution in [0.25, 0.3) is 22.4 Å². The molecule has 27 heavy (non-hydrogen) atoms. The fraction of sp³-hybridized carbons (Fsp3) is 0.450. The summed E-state index contributed by atoms with van der Waals surface area (Å²) < 4.78 is 13.1. The first-order chi connectivity index (χ1) is 13.4. The Balaban J connectivity index is 1.66. The molecule has 0 spiro atoms. The minimum Gasteiger partial charge on any atom is -0.381 e. The van der Waals surface area contributed by atoms with E-state index in [0.717, 1.165) is 80.6 Å². The number of ether oxygens (including phenoxy) is 2. The van der Waals surface area contributed by atoms with Gasteiger partial charge in [0.2, 0.25) is 0 Å². The van der Waals surface area contributed by atoms with E-state index < -0.39 is 0 Å². The largest absolute Gasteiger partial charge is 0.381 e. The van der Waals surface area contributed by atoms with E-state index in [9.17, 15) is 0 Å². The van der Waals surface area contributed by atoms with E-state index >= 15 is 0 Å². The highest BCUT2D eigenvalue weighted by atomic mass is 16.5. The summed E-state index contributed by atoms with van der Waals surface area (Å²) in [6, 6.07) is 10.5. The highest BCUT2D eigenvalue weighted by Gasteiger charge is 2.24. The van der Waals surface area contributed by atoms with Crippen molar-refractivity contribution in [1.29, 1.82) is 0 Å². The van der Waals surface area contributed by atoms with Crippen LogP contribution < -0.4 is 4.90 Å². The van der Waals surface area contributed by atoms with Crippen LogP contribution in [0.4, 0.5) is 5.82 Å². The van der Waals surface area contributed by atoms with Gasteiger partial charge in [-0.05, 0) is 12.8 Å². The Hall–Kier alpha value is -2.51. The summed E-state index contributed by atoms with van der Waals surface area (Å²) in [5.41, 5.74) is 1.94. The normalized spacial score (nSPS) is 18.9. The molecular formula is C20H23N5O2. The number of hydrogen-bond acceptors (Lipinski definition) is 6. The van der Waals surface area contributed by atoms with Crippen molar-refractivity contribution in [2.45, 2.75) is 18.9 Å². The van der Waals surface area contributed by atoms with E-state index in [-0.39, 0.29) is 0 Å². The van der Waals surface area contributed by atoms with E-state index in [0.29, 0.717) is 6.04 Å². The maximum Gasteiger partial charge on any atom is 0.164 e. The highest BCUT2D eigenvalue weighted by molar-refractivity contribution is 5.88. The number of hydrogen-bond donors (Lipinski definition) is 0. The summed E-state index contributed by atoms with van der Waals surface area (Å²) in [6.45, 7) is 4.67. The first-order valence-electron chi connectivity index (χ1n) is 9.61. The van der Waals surface area contributed by atoms with Gasteiger partial charge in [-0.2, -0.15) is 5.10 Å². The fourth-order valence-corrected chi connectivity index (χ4v) is 3.84. The molecule has 2 fully saturated rings. The molecule has 4 heterocycles. The standard InChI is InChI=1S/C20H23N5O2/c1-2-4-15(5-3-1)18-22-19(24-8-12-27-13-9-24)17-14-21-25(20(17)23-18)16-6-10-26-11-7-16/h1-5,14,16H,6-13H2. The maximum absolute atomic E-state index is 5.53. The second kappa shape index (κ2) is 7.25. The molecule has 0 aliphatic carbocycles. The average molecular weight is 365 g/mol. The van der Waals surface area contributed by atoms with Crippen LogP contribution in [0.2, 0.25) is 0 Å². The number of morpholine rings is 1. The molecule has 2 saturated heterocycles. The van der Waals surface area contributed by atoms with Gasteiger partial charge in [0.25, 0.3) is 0 Å². The third-order valence-electron chi connectivity index (χ3n) is 5.31. The molecule has 0 atom stereocenters. The van der Waals surface area contributed by atoms with Gasteiger partial charge >= 0.3 is 0 Å². The molecule has 0 amide bonds. The average Bonchev–Trinajstić information content (AvgIpc) is 3.19. The Morgan fingerprint density at radius 1 is 0.889 bits per heavy atom. The second-order valence-corrected chi connectivity index (χ2v) is 7.01. The Morgan fingerprint density at radius 2 is 1.63 bits per heavy atom. The predicted octanol–water partition coefficient (Wildman–Crippen LogP) is 2.68. The van der Waals surface area contributed by atoms with Crippen molar-refractivity contribution < 1.29 is 9.47 Å². The molecule has 0 saturated carbocycles. The van der Waals surface area contributed by atoms with Gasteiger partial charge in [-0.1, -0.05) is 30.3 Å². The summed E-state index contributed by atoms with van der Waals surface area (Å²) in [5, 5.41) is 5.73. The fourth-order valence-electron chi connectivity index (χ4n) is 3.84. The Bertz CT molecular complexity index is 915. The zero-order valence-electron chi connectivity index (χ0n) is 15.3. The van der Waals surface area contributed by atoms with Crippen LogP contribution in [0, 0.1) is 0 Å².